The Morgan fingerprint density at radius 1 is 1.71 bits per heavy atom. The largest absolute Gasteiger partial charge is 0.339 e. The molecule has 1 heterocycles. The number of aromatic nitrogens is 1. The Hall–Kier alpha value is -1.46. The topological polar surface area (TPSA) is 68.5 Å². The molecule has 0 aliphatic heterocycles. The number of pyridine rings is 1. The third-order valence-corrected chi connectivity index (χ3v) is 1.80. The molecule has 1 aromatic rings. The van der Waals surface area contributed by atoms with E-state index in [2.05, 4.69) is 9.82 Å². The molecule has 1 aromatic heterocycles. The summed E-state index contributed by atoms with van der Waals surface area (Å²) in [6.45, 7) is 0.784. The van der Waals surface area contributed by atoms with E-state index in [0.29, 0.717) is 18.7 Å². The quantitative estimate of drug-likeness (QED) is 0.689. The lowest BCUT2D eigenvalue weighted by atomic mass is 10.2. The lowest BCUT2D eigenvalue weighted by molar-refractivity contribution is 0.0697. The van der Waals surface area contributed by atoms with Gasteiger partial charge in [0.1, 0.15) is 0 Å². The van der Waals surface area contributed by atoms with Gasteiger partial charge in [0.05, 0.1) is 12.2 Å². The first kappa shape index (κ1) is 10.6. The maximum atomic E-state index is 11.6. The van der Waals surface area contributed by atoms with E-state index in [9.17, 15) is 4.79 Å². The van der Waals surface area contributed by atoms with Crippen LogP contribution >= 0.6 is 0 Å². The summed E-state index contributed by atoms with van der Waals surface area (Å²) >= 11 is 0. The van der Waals surface area contributed by atoms with Gasteiger partial charge in [0.15, 0.2) is 0 Å². The minimum Gasteiger partial charge on any atom is -0.339 e. The number of rotatable bonds is 4. The van der Waals surface area contributed by atoms with Crippen LogP contribution < -0.4 is 5.90 Å². The van der Waals surface area contributed by atoms with Gasteiger partial charge in [-0.3, -0.25) is 9.78 Å². The van der Waals surface area contributed by atoms with Crippen molar-refractivity contribution in [3.8, 4) is 0 Å². The van der Waals surface area contributed by atoms with Crippen LogP contribution in [0, 0.1) is 0 Å². The van der Waals surface area contributed by atoms with Crippen LogP contribution in [0.3, 0.4) is 0 Å². The van der Waals surface area contributed by atoms with Gasteiger partial charge in [-0.15, -0.1) is 0 Å². The second-order valence-electron chi connectivity index (χ2n) is 2.84. The Morgan fingerprint density at radius 2 is 2.50 bits per heavy atom. The number of amides is 1. The third kappa shape index (κ3) is 2.79. The van der Waals surface area contributed by atoms with Crippen molar-refractivity contribution in [2.75, 3.05) is 20.2 Å². The fourth-order valence-electron chi connectivity index (χ4n) is 1.00. The third-order valence-electron chi connectivity index (χ3n) is 1.80. The Morgan fingerprint density at radius 3 is 3.07 bits per heavy atom. The van der Waals surface area contributed by atoms with E-state index in [4.69, 9.17) is 5.90 Å². The summed E-state index contributed by atoms with van der Waals surface area (Å²) in [6.07, 6.45) is 3.15. The van der Waals surface area contributed by atoms with E-state index in [1.54, 1.807) is 25.4 Å². The molecule has 0 aliphatic rings. The number of likely N-dealkylation sites (N-methyl/N-ethyl adjacent to an activating group) is 1. The summed E-state index contributed by atoms with van der Waals surface area (Å²) < 4.78 is 0. The standard InChI is InChI=1S/C9H13N3O2/c1-12(5-6-14-10)9(13)8-3-2-4-11-7-8/h2-4,7H,5-6,10H2,1H3. The SMILES string of the molecule is CN(CCON)C(=O)c1cccnc1. The highest BCUT2D eigenvalue weighted by molar-refractivity contribution is 5.93. The van der Waals surface area contributed by atoms with Crippen molar-refractivity contribution >= 4 is 5.91 Å². The van der Waals surface area contributed by atoms with Crippen LogP contribution in [-0.2, 0) is 4.84 Å². The second-order valence-corrected chi connectivity index (χ2v) is 2.84. The number of nitrogens with two attached hydrogens (primary N) is 1. The number of hydrogen-bond acceptors (Lipinski definition) is 4. The van der Waals surface area contributed by atoms with Crippen molar-refractivity contribution in [1.29, 1.82) is 0 Å². The van der Waals surface area contributed by atoms with E-state index >= 15 is 0 Å². The molecule has 0 bridgehead atoms. The van der Waals surface area contributed by atoms with Gasteiger partial charge >= 0.3 is 0 Å². The molecular weight excluding hydrogens is 182 g/mol. The first-order valence-electron chi connectivity index (χ1n) is 4.23. The van der Waals surface area contributed by atoms with Gasteiger partial charge in [0.25, 0.3) is 5.91 Å². The molecule has 5 nitrogen and oxygen atoms in total. The van der Waals surface area contributed by atoms with E-state index < -0.39 is 0 Å². The first-order valence-corrected chi connectivity index (χ1v) is 4.23. The van der Waals surface area contributed by atoms with Crippen LogP contribution in [-0.4, -0.2) is 36.0 Å². The van der Waals surface area contributed by atoms with E-state index in [1.165, 1.54) is 11.1 Å². The van der Waals surface area contributed by atoms with Gasteiger partial charge in [-0.05, 0) is 12.1 Å². The Balaban J connectivity index is 2.57. The van der Waals surface area contributed by atoms with E-state index in [0.717, 1.165) is 0 Å². The zero-order valence-corrected chi connectivity index (χ0v) is 8.01. The molecule has 0 aromatic carbocycles. The number of nitrogens with zero attached hydrogens (tertiary/aromatic N) is 2. The molecule has 0 saturated carbocycles. The second kappa shape index (κ2) is 5.31. The maximum Gasteiger partial charge on any atom is 0.255 e. The van der Waals surface area contributed by atoms with E-state index in [1.807, 2.05) is 0 Å². The minimum atomic E-state index is -0.0878. The summed E-state index contributed by atoms with van der Waals surface area (Å²) in [4.78, 5) is 21.4. The average Bonchev–Trinajstić information content (AvgIpc) is 2.26. The van der Waals surface area contributed by atoms with Crippen molar-refractivity contribution in [2.24, 2.45) is 5.90 Å². The molecule has 76 valence electrons. The molecule has 5 heteroatoms. The predicted octanol–water partition coefficient (Wildman–Crippen LogP) is 0.0439. The van der Waals surface area contributed by atoms with Gasteiger partial charge < -0.3 is 9.74 Å². The molecule has 0 radical (unpaired) electrons. The Bertz CT molecular complexity index is 289. The zero-order chi connectivity index (χ0) is 10.4. The summed E-state index contributed by atoms with van der Waals surface area (Å²) in [5.74, 6) is 4.78. The maximum absolute atomic E-state index is 11.6. The molecule has 0 fully saturated rings. The molecular formula is C9H13N3O2. The fourth-order valence-corrected chi connectivity index (χ4v) is 1.00. The van der Waals surface area contributed by atoms with Gasteiger partial charge in [0, 0.05) is 26.0 Å². The summed E-state index contributed by atoms with van der Waals surface area (Å²) in [7, 11) is 1.69. The molecule has 0 atom stereocenters. The van der Waals surface area contributed by atoms with Gasteiger partial charge in [-0.1, -0.05) is 0 Å². The lowest BCUT2D eigenvalue weighted by Crippen LogP contribution is -2.30. The van der Waals surface area contributed by atoms with Crippen LogP contribution in [0.1, 0.15) is 10.4 Å². The number of carbonyl (C=O) groups excluding carboxylic acids is 1. The highest BCUT2D eigenvalue weighted by atomic mass is 16.6. The summed E-state index contributed by atoms with van der Waals surface area (Å²) in [5.41, 5.74) is 0.562. The molecule has 0 saturated heterocycles. The van der Waals surface area contributed by atoms with E-state index in [-0.39, 0.29) is 5.91 Å². The monoisotopic (exact) mass is 195 g/mol. The van der Waals surface area contributed by atoms with Crippen molar-refractivity contribution in [3.63, 3.8) is 0 Å². The molecule has 1 amide bonds. The van der Waals surface area contributed by atoms with Crippen molar-refractivity contribution in [3.05, 3.63) is 30.1 Å². The molecule has 0 spiro atoms. The van der Waals surface area contributed by atoms with Crippen molar-refractivity contribution < 1.29 is 9.63 Å². The Kier molecular flexibility index (Phi) is 4.03. The molecule has 2 N–H and O–H groups in total. The molecule has 0 unspecified atom stereocenters. The smallest absolute Gasteiger partial charge is 0.255 e. The first-order chi connectivity index (χ1) is 6.75. The molecule has 14 heavy (non-hydrogen) atoms. The lowest BCUT2D eigenvalue weighted by Gasteiger charge is -2.15. The summed E-state index contributed by atoms with van der Waals surface area (Å²) in [6, 6.07) is 3.44. The van der Waals surface area contributed by atoms with Gasteiger partial charge in [-0.25, -0.2) is 5.90 Å². The van der Waals surface area contributed by atoms with Crippen LogP contribution in [0.15, 0.2) is 24.5 Å². The average molecular weight is 195 g/mol. The zero-order valence-electron chi connectivity index (χ0n) is 8.01. The van der Waals surface area contributed by atoms with Crippen LogP contribution in [0.2, 0.25) is 0 Å². The highest BCUT2D eigenvalue weighted by Gasteiger charge is 2.10. The predicted molar refractivity (Wildman–Crippen MR) is 51.3 cm³/mol. The Labute approximate surface area is 82.4 Å². The van der Waals surface area contributed by atoms with Gasteiger partial charge in [0.2, 0.25) is 0 Å². The van der Waals surface area contributed by atoms with Gasteiger partial charge in [-0.2, -0.15) is 0 Å². The molecule has 1 rings (SSSR count). The fraction of sp³-hybridized carbons (Fsp3) is 0.333. The van der Waals surface area contributed by atoms with Crippen molar-refractivity contribution in [2.45, 2.75) is 0 Å². The van der Waals surface area contributed by atoms with Crippen LogP contribution in [0.25, 0.3) is 0 Å². The van der Waals surface area contributed by atoms with Crippen molar-refractivity contribution in [1.82, 2.24) is 9.88 Å². The normalized spacial score (nSPS) is 9.86. The van der Waals surface area contributed by atoms with Crippen LogP contribution in [0.4, 0.5) is 0 Å². The highest BCUT2D eigenvalue weighted by Crippen LogP contribution is 2.00. The summed E-state index contributed by atoms with van der Waals surface area (Å²) in [5, 5.41) is 0. The number of hydrogen-bond donors (Lipinski definition) is 1. The minimum absolute atomic E-state index is 0.0878. The molecule has 0 aliphatic carbocycles. The number of carbonyl (C=O) groups is 1. The van der Waals surface area contributed by atoms with Crippen LogP contribution in [0.5, 0.6) is 0 Å².